The molecule has 0 radical (unpaired) electrons. The fraction of sp³-hybridized carbons (Fsp3) is 0.389. The molecule has 0 bridgehead atoms. The van der Waals surface area contributed by atoms with Gasteiger partial charge in [0.05, 0.1) is 23.1 Å². The molecule has 130 valence electrons. The van der Waals surface area contributed by atoms with Crippen LogP contribution in [0.15, 0.2) is 35.4 Å². The Bertz CT molecular complexity index is 853. The third kappa shape index (κ3) is 3.64. The Labute approximate surface area is 146 Å². The minimum Gasteiger partial charge on any atom is -0.380 e. The van der Waals surface area contributed by atoms with Crippen LogP contribution >= 0.6 is 0 Å². The Morgan fingerprint density at radius 1 is 1.44 bits per heavy atom. The van der Waals surface area contributed by atoms with Crippen molar-refractivity contribution in [1.29, 1.82) is 5.26 Å². The maximum atomic E-state index is 12.6. The van der Waals surface area contributed by atoms with Gasteiger partial charge in [-0.05, 0) is 25.0 Å². The molecule has 0 aliphatic carbocycles. The van der Waals surface area contributed by atoms with Crippen molar-refractivity contribution in [3.63, 3.8) is 0 Å². The summed E-state index contributed by atoms with van der Waals surface area (Å²) in [6, 6.07) is 9.49. The molecule has 25 heavy (non-hydrogen) atoms. The van der Waals surface area contributed by atoms with Crippen LogP contribution in [0.3, 0.4) is 0 Å². The number of aromatic nitrogens is 2. The number of piperidine rings is 1. The van der Waals surface area contributed by atoms with E-state index < -0.39 is 0 Å². The van der Waals surface area contributed by atoms with E-state index in [1.54, 1.807) is 19.4 Å². The van der Waals surface area contributed by atoms with Gasteiger partial charge in [0, 0.05) is 32.7 Å². The summed E-state index contributed by atoms with van der Waals surface area (Å²) in [5.41, 5.74) is 7.83. The third-order valence-corrected chi connectivity index (χ3v) is 4.46. The van der Waals surface area contributed by atoms with Crippen LogP contribution in [-0.2, 0) is 13.6 Å². The van der Waals surface area contributed by atoms with Crippen molar-refractivity contribution in [3.8, 4) is 6.07 Å². The molecule has 3 rings (SSSR count). The Balaban J connectivity index is 1.90. The lowest BCUT2D eigenvalue weighted by Gasteiger charge is -2.32. The maximum absolute atomic E-state index is 12.6. The van der Waals surface area contributed by atoms with Gasteiger partial charge in [-0.2, -0.15) is 5.26 Å². The Kier molecular flexibility index (Phi) is 5.00. The summed E-state index contributed by atoms with van der Waals surface area (Å²) in [6.07, 6.45) is 3.52. The van der Waals surface area contributed by atoms with Crippen LogP contribution in [-0.4, -0.2) is 28.7 Å². The highest BCUT2D eigenvalue weighted by Gasteiger charge is 2.22. The van der Waals surface area contributed by atoms with Crippen molar-refractivity contribution < 1.29 is 0 Å². The summed E-state index contributed by atoms with van der Waals surface area (Å²) in [5, 5.41) is 12.4. The van der Waals surface area contributed by atoms with E-state index in [1.165, 1.54) is 4.57 Å². The predicted molar refractivity (Wildman–Crippen MR) is 97.4 cm³/mol. The summed E-state index contributed by atoms with van der Waals surface area (Å²) >= 11 is 0. The summed E-state index contributed by atoms with van der Waals surface area (Å²) < 4.78 is 1.47. The molecule has 0 amide bonds. The van der Waals surface area contributed by atoms with Crippen LogP contribution in [0.25, 0.3) is 0 Å². The van der Waals surface area contributed by atoms with Crippen molar-refractivity contribution in [2.45, 2.75) is 25.4 Å². The quantitative estimate of drug-likeness (QED) is 0.869. The standard InChI is InChI=1S/C18H22N6O/c1-23-12-22-17(24-8-4-6-14(20)11-24)15(18(23)25)10-21-16-7-3-2-5-13(16)9-19/h2-3,5,7,12,14,21H,4,6,8,10-11,20H2,1H3. The first-order valence-electron chi connectivity index (χ1n) is 8.38. The van der Waals surface area contributed by atoms with Gasteiger partial charge in [-0.3, -0.25) is 4.79 Å². The maximum Gasteiger partial charge on any atom is 0.260 e. The van der Waals surface area contributed by atoms with E-state index in [2.05, 4.69) is 21.3 Å². The second kappa shape index (κ2) is 7.36. The fourth-order valence-corrected chi connectivity index (χ4v) is 3.13. The van der Waals surface area contributed by atoms with Crippen molar-refractivity contribution in [1.82, 2.24) is 9.55 Å². The average molecular weight is 338 g/mol. The van der Waals surface area contributed by atoms with E-state index in [-0.39, 0.29) is 11.6 Å². The van der Waals surface area contributed by atoms with Gasteiger partial charge in [-0.15, -0.1) is 0 Å². The zero-order valence-electron chi connectivity index (χ0n) is 14.3. The molecule has 3 N–H and O–H groups in total. The van der Waals surface area contributed by atoms with Crippen LogP contribution in [0.1, 0.15) is 24.0 Å². The fourth-order valence-electron chi connectivity index (χ4n) is 3.13. The Morgan fingerprint density at radius 2 is 2.24 bits per heavy atom. The second-order valence-electron chi connectivity index (χ2n) is 6.32. The highest BCUT2D eigenvalue weighted by molar-refractivity contribution is 5.58. The van der Waals surface area contributed by atoms with Crippen LogP contribution in [0.2, 0.25) is 0 Å². The molecule has 1 saturated heterocycles. The van der Waals surface area contributed by atoms with Crippen LogP contribution in [0, 0.1) is 11.3 Å². The molecule has 1 aromatic heterocycles. The van der Waals surface area contributed by atoms with Gasteiger partial charge in [0.1, 0.15) is 11.9 Å². The summed E-state index contributed by atoms with van der Waals surface area (Å²) in [6.45, 7) is 1.85. The molecule has 1 aliphatic heterocycles. The SMILES string of the molecule is Cn1cnc(N2CCCC(N)C2)c(CNc2ccccc2C#N)c1=O. The van der Waals surface area contributed by atoms with Gasteiger partial charge >= 0.3 is 0 Å². The number of rotatable bonds is 4. The molecule has 0 saturated carbocycles. The van der Waals surface area contributed by atoms with E-state index in [1.807, 2.05) is 18.2 Å². The minimum absolute atomic E-state index is 0.0916. The summed E-state index contributed by atoms with van der Waals surface area (Å²) in [7, 11) is 1.69. The number of nitriles is 1. The predicted octanol–water partition coefficient (Wildman–Crippen LogP) is 1.19. The molecule has 1 atom stereocenters. The first kappa shape index (κ1) is 17.0. The van der Waals surface area contributed by atoms with E-state index in [0.717, 1.165) is 19.4 Å². The number of aryl methyl sites for hydroxylation is 1. The van der Waals surface area contributed by atoms with E-state index in [9.17, 15) is 10.1 Å². The Morgan fingerprint density at radius 3 is 3.00 bits per heavy atom. The van der Waals surface area contributed by atoms with E-state index >= 15 is 0 Å². The molecule has 2 aromatic rings. The normalized spacial score (nSPS) is 17.2. The number of nitrogens with two attached hydrogens (primary N) is 1. The molecule has 0 spiro atoms. The topological polar surface area (TPSA) is 100.0 Å². The lowest BCUT2D eigenvalue weighted by Crippen LogP contribution is -2.44. The zero-order chi connectivity index (χ0) is 17.8. The number of hydrogen-bond donors (Lipinski definition) is 2. The van der Waals surface area contributed by atoms with Gasteiger partial charge in [0.25, 0.3) is 5.56 Å². The largest absolute Gasteiger partial charge is 0.380 e. The Hall–Kier alpha value is -2.85. The summed E-state index contributed by atoms with van der Waals surface area (Å²) in [5.74, 6) is 0.681. The zero-order valence-corrected chi connectivity index (χ0v) is 14.3. The minimum atomic E-state index is -0.0916. The molecular formula is C18H22N6O. The molecule has 2 heterocycles. The molecule has 1 aromatic carbocycles. The second-order valence-corrected chi connectivity index (χ2v) is 6.32. The van der Waals surface area contributed by atoms with Gasteiger partial charge in [-0.25, -0.2) is 4.98 Å². The number of benzene rings is 1. The number of para-hydroxylation sites is 1. The van der Waals surface area contributed by atoms with Crippen molar-refractivity contribution in [2.75, 3.05) is 23.3 Å². The molecule has 1 fully saturated rings. The first-order chi connectivity index (χ1) is 12.1. The van der Waals surface area contributed by atoms with E-state index in [0.29, 0.717) is 35.7 Å². The lowest BCUT2D eigenvalue weighted by atomic mass is 10.1. The number of hydrogen-bond acceptors (Lipinski definition) is 6. The van der Waals surface area contributed by atoms with Crippen molar-refractivity contribution in [2.24, 2.45) is 12.8 Å². The molecule has 7 heteroatoms. The highest BCUT2D eigenvalue weighted by atomic mass is 16.1. The number of nitrogens with zero attached hydrogens (tertiary/aromatic N) is 4. The average Bonchev–Trinajstić information content (AvgIpc) is 2.63. The third-order valence-electron chi connectivity index (χ3n) is 4.46. The van der Waals surface area contributed by atoms with Gasteiger partial charge in [-0.1, -0.05) is 12.1 Å². The van der Waals surface area contributed by atoms with Gasteiger partial charge in [0.2, 0.25) is 0 Å². The molecule has 1 unspecified atom stereocenters. The smallest absolute Gasteiger partial charge is 0.260 e. The van der Waals surface area contributed by atoms with Gasteiger partial charge < -0.3 is 20.5 Å². The molecular weight excluding hydrogens is 316 g/mol. The summed E-state index contributed by atoms with van der Waals surface area (Å²) in [4.78, 5) is 19.2. The highest BCUT2D eigenvalue weighted by Crippen LogP contribution is 2.21. The molecule has 7 nitrogen and oxygen atoms in total. The van der Waals surface area contributed by atoms with Crippen LogP contribution in [0.5, 0.6) is 0 Å². The van der Waals surface area contributed by atoms with Crippen molar-refractivity contribution >= 4 is 11.5 Å². The lowest BCUT2D eigenvalue weighted by molar-refractivity contribution is 0.501. The number of nitrogens with one attached hydrogen (secondary N) is 1. The first-order valence-corrected chi connectivity index (χ1v) is 8.38. The van der Waals surface area contributed by atoms with Crippen LogP contribution in [0.4, 0.5) is 11.5 Å². The van der Waals surface area contributed by atoms with E-state index in [4.69, 9.17) is 5.73 Å². The monoisotopic (exact) mass is 338 g/mol. The van der Waals surface area contributed by atoms with Gasteiger partial charge in [0.15, 0.2) is 0 Å². The number of anilines is 2. The van der Waals surface area contributed by atoms with Crippen LogP contribution < -0.4 is 21.5 Å². The molecule has 1 aliphatic rings. The van der Waals surface area contributed by atoms with Crippen molar-refractivity contribution in [3.05, 3.63) is 52.1 Å².